The van der Waals surface area contributed by atoms with E-state index in [1.807, 2.05) is 0 Å². The topological polar surface area (TPSA) is 136 Å². The van der Waals surface area contributed by atoms with Crippen molar-refractivity contribution in [2.45, 2.75) is 24.4 Å². The van der Waals surface area contributed by atoms with Crippen LogP contribution in [-0.4, -0.2) is 50.2 Å². The standard InChI is InChI=1S/C11H13BrN2O6/c12-2-1-4-6(13-11(19)14-10(4)18)9-8(17)7(16)5(3-15)20-9/h1-2,5,7-9,15-17H,3H2,(H2,13,14,18,19)/b2-1+/t5-,7-,8+,9+/m1/s1. The van der Waals surface area contributed by atoms with Gasteiger partial charge in [0.05, 0.1) is 17.9 Å². The molecule has 0 unspecified atom stereocenters. The van der Waals surface area contributed by atoms with Crippen LogP contribution >= 0.6 is 15.9 Å². The smallest absolute Gasteiger partial charge is 0.326 e. The Labute approximate surface area is 120 Å². The molecule has 1 aliphatic heterocycles. The number of hydrogen-bond donors (Lipinski definition) is 5. The highest BCUT2D eigenvalue weighted by atomic mass is 79.9. The highest BCUT2D eigenvalue weighted by molar-refractivity contribution is 9.11. The van der Waals surface area contributed by atoms with E-state index in [4.69, 9.17) is 9.84 Å². The fourth-order valence-corrected chi connectivity index (χ4v) is 2.37. The molecule has 0 bridgehead atoms. The molecular formula is C11H13BrN2O6. The molecule has 2 heterocycles. The Hall–Kier alpha value is -1.26. The van der Waals surface area contributed by atoms with Crippen LogP contribution in [0.1, 0.15) is 17.4 Å². The van der Waals surface area contributed by atoms with E-state index in [0.29, 0.717) is 0 Å². The van der Waals surface area contributed by atoms with Crippen molar-refractivity contribution < 1.29 is 20.1 Å². The first kappa shape index (κ1) is 15.1. The van der Waals surface area contributed by atoms with E-state index in [0.717, 1.165) is 0 Å². The first-order valence-electron chi connectivity index (χ1n) is 5.75. The molecular weight excluding hydrogens is 336 g/mol. The van der Waals surface area contributed by atoms with E-state index < -0.39 is 42.3 Å². The average molecular weight is 349 g/mol. The lowest BCUT2D eigenvalue weighted by atomic mass is 10.0. The van der Waals surface area contributed by atoms with Gasteiger partial charge in [0.2, 0.25) is 0 Å². The Morgan fingerprint density at radius 1 is 1.25 bits per heavy atom. The molecule has 110 valence electrons. The minimum atomic E-state index is -1.37. The number of ether oxygens (including phenoxy) is 1. The highest BCUT2D eigenvalue weighted by Crippen LogP contribution is 2.33. The number of hydrogen-bond acceptors (Lipinski definition) is 6. The van der Waals surface area contributed by atoms with Crippen LogP contribution in [0, 0.1) is 0 Å². The summed E-state index contributed by atoms with van der Waals surface area (Å²) in [6, 6.07) is 0. The number of aliphatic hydroxyl groups excluding tert-OH is 3. The summed E-state index contributed by atoms with van der Waals surface area (Å²) < 4.78 is 5.30. The van der Waals surface area contributed by atoms with Gasteiger partial charge in [0.15, 0.2) is 0 Å². The van der Waals surface area contributed by atoms with Crippen molar-refractivity contribution >= 4 is 22.0 Å². The van der Waals surface area contributed by atoms with Gasteiger partial charge in [-0.2, -0.15) is 0 Å². The minimum Gasteiger partial charge on any atom is -0.394 e. The van der Waals surface area contributed by atoms with Crippen LogP contribution in [0.3, 0.4) is 0 Å². The van der Waals surface area contributed by atoms with E-state index in [9.17, 15) is 19.8 Å². The van der Waals surface area contributed by atoms with Crippen molar-refractivity contribution in [3.8, 4) is 0 Å². The Balaban J connectivity index is 2.53. The number of aromatic amines is 2. The molecule has 8 nitrogen and oxygen atoms in total. The van der Waals surface area contributed by atoms with Crippen molar-refractivity contribution in [1.82, 2.24) is 9.97 Å². The lowest BCUT2D eigenvalue weighted by Crippen LogP contribution is -2.34. The van der Waals surface area contributed by atoms with Gasteiger partial charge in [0.25, 0.3) is 5.56 Å². The zero-order chi connectivity index (χ0) is 14.9. The Morgan fingerprint density at radius 3 is 2.50 bits per heavy atom. The van der Waals surface area contributed by atoms with Gasteiger partial charge in [0.1, 0.15) is 24.4 Å². The predicted octanol–water partition coefficient (Wildman–Crippen LogP) is -1.42. The van der Waals surface area contributed by atoms with Gasteiger partial charge in [-0.1, -0.05) is 15.9 Å². The second-order valence-corrected chi connectivity index (χ2v) is 4.82. The summed E-state index contributed by atoms with van der Waals surface area (Å²) in [6.07, 6.45) is -3.41. The summed E-state index contributed by atoms with van der Waals surface area (Å²) in [4.78, 5) is 29.0. The van der Waals surface area contributed by atoms with Gasteiger partial charge in [0, 0.05) is 0 Å². The Morgan fingerprint density at radius 2 is 1.95 bits per heavy atom. The van der Waals surface area contributed by atoms with Crippen LogP contribution in [0.2, 0.25) is 0 Å². The lowest BCUT2D eigenvalue weighted by Gasteiger charge is -2.16. The van der Waals surface area contributed by atoms with Crippen molar-refractivity contribution in [2.24, 2.45) is 0 Å². The van der Waals surface area contributed by atoms with Crippen LogP contribution in [0.25, 0.3) is 6.08 Å². The third-order valence-electron chi connectivity index (χ3n) is 3.07. The normalized spacial score (nSPS) is 30.2. The number of rotatable bonds is 3. The molecule has 5 N–H and O–H groups in total. The fourth-order valence-electron chi connectivity index (χ4n) is 2.10. The maximum absolute atomic E-state index is 11.8. The molecule has 2 rings (SSSR count). The fraction of sp³-hybridized carbons (Fsp3) is 0.455. The number of H-pyrrole nitrogens is 2. The third-order valence-corrected chi connectivity index (χ3v) is 3.33. The zero-order valence-electron chi connectivity index (χ0n) is 10.1. The maximum Gasteiger partial charge on any atom is 0.326 e. The van der Waals surface area contributed by atoms with Gasteiger partial charge in [-0.15, -0.1) is 0 Å². The van der Waals surface area contributed by atoms with Crippen molar-refractivity contribution in [2.75, 3.05) is 6.61 Å². The molecule has 0 saturated carbocycles. The van der Waals surface area contributed by atoms with E-state index >= 15 is 0 Å². The molecule has 1 aromatic heterocycles. The molecule has 1 aromatic rings. The molecule has 1 saturated heterocycles. The quantitative estimate of drug-likeness (QED) is 0.455. The molecule has 0 amide bonds. The van der Waals surface area contributed by atoms with Gasteiger partial charge in [-0.3, -0.25) is 9.78 Å². The summed E-state index contributed by atoms with van der Waals surface area (Å²) in [5, 5.41) is 28.7. The molecule has 0 radical (unpaired) electrons. The Kier molecular flexibility index (Phi) is 4.55. The summed E-state index contributed by atoms with van der Waals surface area (Å²) in [5.74, 6) is 0. The molecule has 1 fully saturated rings. The first-order chi connectivity index (χ1) is 9.49. The second kappa shape index (κ2) is 6.02. The maximum atomic E-state index is 11.8. The average Bonchev–Trinajstić information content (AvgIpc) is 2.69. The second-order valence-electron chi connectivity index (χ2n) is 4.29. The van der Waals surface area contributed by atoms with Gasteiger partial charge >= 0.3 is 5.69 Å². The van der Waals surface area contributed by atoms with Crippen LogP contribution in [0.15, 0.2) is 14.6 Å². The van der Waals surface area contributed by atoms with E-state index in [2.05, 4.69) is 25.9 Å². The molecule has 9 heteroatoms. The number of aromatic nitrogens is 2. The third kappa shape index (κ3) is 2.63. The Bertz CT molecular complexity index is 624. The molecule has 0 spiro atoms. The SMILES string of the molecule is O=c1[nH]c([C@@H]2O[C@H](CO)[C@@H](O)[C@@H]2O)c(/C=C/Br)c(=O)[nH]1. The van der Waals surface area contributed by atoms with Gasteiger partial charge in [-0.25, -0.2) is 4.79 Å². The number of nitrogens with one attached hydrogen (secondary N) is 2. The molecule has 0 aliphatic carbocycles. The summed E-state index contributed by atoms with van der Waals surface area (Å²) in [5.41, 5.74) is -1.29. The van der Waals surface area contributed by atoms with Crippen molar-refractivity contribution in [3.05, 3.63) is 37.1 Å². The molecule has 4 atom stereocenters. The van der Waals surface area contributed by atoms with Crippen LogP contribution < -0.4 is 11.2 Å². The summed E-state index contributed by atoms with van der Waals surface area (Å²) >= 11 is 3.02. The summed E-state index contributed by atoms with van der Waals surface area (Å²) in [6.45, 7) is -0.494. The van der Waals surface area contributed by atoms with E-state index in [1.165, 1.54) is 11.1 Å². The predicted molar refractivity (Wildman–Crippen MR) is 72.4 cm³/mol. The van der Waals surface area contributed by atoms with Crippen LogP contribution in [-0.2, 0) is 4.74 Å². The van der Waals surface area contributed by atoms with E-state index in [-0.39, 0.29) is 11.3 Å². The van der Waals surface area contributed by atoms with E-state index in [1.54, 1.807) is 0 Å². The summed E-state index contributed by atoms with van der Waals surface area (Å²) in [7, 11) is 0. The zero-order valence-corrected chi connectivity index (χ0v) is 11.7. The monoisotopic (exact) mass is 348 g/mol. The first-order valence-corrected chi connectivity index (χ1v) is 6.67. The largest absolute Gasteiger partial charge is 0.394 e. The lowest BCUT2D eigenvalue weighted by molar-refractivity contribution is -0.0241. The van der Waals surface area contributed by atoms with Gasteiger partial charge < -0.3 is 25.0 Å². The van der Waals surface area contributed by atoms with Crippen molar-refractivity contribution in [3.63, 3.8) is 0 Å². The molecule has 0 aromatic carbocycles. The number of aliphatic hydroxyl groups is 3. The molecule has 1 aliphatic rings. The molecule has 20 heavy (non-hydrogen) atoms. The number of halogens is 1. The van der Waals surface area contributed by atoms with Gasteiger partial charge in [-0.05, 0) is 11.1 Å². The van der Waals surface area contributed by atoms with Crippen LogP contribution in [0.5, 0.6) is 0 Å². The highest BCUT2D eigenvalue weighted by Gasteiger charge is 2.44. The van der Waals surface area contributed by atoms with Crippen molar-refractivity contribution in [1.29, 1.82) is 0 Å². The van der Waals surface area contributed by atoms with Crippen LogP contribution in [0.4, 0.5) is 0 Å². The minimum absolute atomic E-state index is 0.0388.